The van der Waals surface area contributed by atoms with Crippen LogP contribution in [0.4, 0.5) is 0 Å². The molecule has 2 aliphatic heterocycles. The van der Waals surface area contributed by atoms with E-state index in [1.807, 2.05) is 91.0 Å². The molecule has 0 fully saturated rings. The Morgan fingerprint density at radius 1 is 0.386 bits per heavy atom. The van der Waals surface area contributed by atoms with Gasteiger partial charge < -0.3 is 46.7 Å². The summed E-state index contributed by atoms with van der Waals surface area (Å²) in [5.41, 5.74) is 5.66. The van der Waals surface area contributed by atoms with Gasteiger partial charge in [-0.05, 0) is 34.4 Å². The number of aromatic nitrogens is 1. The fourth-order valence-corrected chi connectivity index (χ4v) is 5.33. The SMILES string of the molecule is [Cl-].[Cl-].[Cl-].[Co+3].c1ccc(C2N=C(c3cccc(C4=NC(c5ccccc5)C(c5ccccc5)O4)n3)OC2c2ccccc2)cc1. The van der Waals surface area contributed by atoms with E-state index in [1.54, 1.807) is 0 Å². The van der Waals surface area contributed by atoms with Gasteiger partial charge in [-0.1, -0.05) is 127 Å². The number of rotatable bonds is 6. The maximum atomic E-state index is 6.51. The van der Waals surface area contributed by atoms with Crippen LogP contribution >= 0.6 is 0 Å². The van der Waals surface area contributed by atoms with E-state index in [1.165, 1.54) is 0 Å². The van der Waals surface area contributed by atoms with Crippen molar-refractivity contribution >= 4 is 11.8 Å². The zero-order valence-corrected chi connectivity index (χ0v) is 26.5. The van der Waals surface area contributed by atoms with Gasteiger partial charge in [-0.25, -0.2) is 15.0 Å². The summed E-state index contributed by atoms with van der Waals surface area (Å²) in [5, 5.41) is 0. The van der Waals surface area contributed by atoms with Crippen molar-refractivity contribution in [2.75, 3.05) is 0 Å². The summed E-state index contributed by atoms with van der Waals surface area (Å²) < 4.78 is 13.0. The molecule has 5 nitrogen and oxygen atoms in total. The molecule has 0 saturated carbocycles. The molecule has 4 aromatic carbocycles. The molecular weight excluding hydrogens is 660 g/mol. The zero-order valence-electron chi connectivity index (χ0n) is 23.2. The standard InChI is InChI=1S/C35H27N3O2.3ClH.Co/c1-5-14-24(15-6-1)30-32(26-18-9-3-10-19-26)39-34(37-30)28-22-13-23-29(36-28)35-38-31(25-16-7-2-8-17-25)33(40-35)27-20-11-4-12-21-27;;;;/h1-23,30-33H;3*1H;/q;;;;+3/p-3. The third-order valence-electron chi connectivity index (χ3n) is 7.29. The van der Waals surface area contributed by atoms with Gasteiger partial charge in [0.1, 0.15) is 23.5 Å². The molecule has 4 unspecified atom stereocenters. The molecule has 9 heteroatoms. The van der Waals surface area contributed by atoms with Gasteiger partial charge in [-0.2, -0.15) is 0 Å². The van der Waals surface area contributed by atoms with Crippen LogP contribution in [0.25, 0.3) is 0 Å². The largest absolute Gasteiger partial charge is 3.00 e. The van der Waals surface area contributed by atoms with Gasteiger partial charge in [0, 0.05) is 0 Å². The second-order valence-electron chi connectivity index (χ2n) is 9.89. The Hall–Kier alpha value is -3.65. The number of hydrogen-bond donors (Lipinski definition) is 0. The first-order chi connectivity index (χ1) is 19.8. The summed E-state index contributed by atoms with van der Waals surface area (Å²) in [6.07, 6.45) is -0.483. The molecule has 5 aromatic rings. The van der Waals surface area contributed by atoms with Gasteiger partial charge in [0.25, 0.3) is 0 Å². The van der Waals surface area contributed by atoms with E-state index in [9.17, 15) is 0 Å². The summed E-state index contributed by atoms with van der Waals surface area (Å²) in [6.45, 7) is 0. The third-order valence-corrected chi connectivity index (χ3v) is 7.29. The molecule has 224 valence electrons. The molecule has 0 aliphatic carbocycles. The summed E-state index contributed by atoms with van der Waals surface area (Å²) in [7, 11) is 0. The van der Waals surface area contributed by atoms with Crippen LogP contribution in [0, 0.1) is 0 Å². The van der Waals surface area contributed by atoms with Gasteiger partial charge in [0.05, 0.1) is 0 Å². The molecule has 0 saturated heterocycles. The number of aliphatic imine (C=N–C) groups is 2. The smallest absolute Gasteiger partial charge is 1.00 e. The van der Waals surface area contributed by atoms with Crippen LogP contribution in [0.2, 0.25) is 0 Å². The van der Waals surface area contributed by atoms with Gasteiger partial charge in [-0.15, -0.1) is 0 Å². The van der Waals surface area contributed by atoms with E-state index in [0.29, 0.717) is 23.2 Å². The number of nitrogens with zero attached hydrogens (tertiary/aromatic N) is 3. The minimum absolute atomic E-state index is 0. The predicted molar refractivity (Wildman–Crippen MR) is 156 cm³/mol. The number of pyridine rings is 1. The molecule has 0 spiro atoms. The summed E-state index contributed by atoms with van der Waals surface area (Å²) in [4.78, 5) is 15.0. The van der Waals surface area contributed by atoms with Crippen molar-refractivity contribution in [3.63, 3.8) is 0 Å². The van der Waals surface area contributed by atoms with Crippen molar-refractivity contribution in [1.82, 2.24) is 4.98 Å². The molecule has 4 atom stereocenters. The Morgan fingerprint density at radius 3 is 1.05 bits per heavy atom. The molecular formula is C35H27Cl3CoN3O2. The average Bonchev–Trinajstić information content (AvgIpc) is 3.69. The van der Waals surface area contributed by atoms with E-state index in [2.05, 4.69) is 48.5 Å². The second kappa shape index (κ2) is 15.9. The monoisotopic (exact) mass is 685 g/mol. The van der Waals surface area contributed by atoms with Crippen molar-refractivity contribution in [2.24, 2.45) is 9.98 Å². The topological polar surface area (TPSA) is 56.1 Å². The van der Waals surface area contributed by atoms with Crippen molar-refractivity contribution < 1.29 is 63.5 Å². The zero-order chi connectivity index (χ0) is 26.7. The first-order valence-corrected chi connectivity index (χ1v) is 13.5. The van der Waals surface area contributed by atoms with Gasteiger partial charge in [0.2, 0.25) is 11.8 Å². The van der Waals surface area contributed by atoms with E-state index in [-0.39, 0.29) is 78.3 Å². The van der Waals surface area contributed by atoms with Crippen LogP contribution in [0.3, 0.4) is 0 Å². The van der Waals surface area contributed by atoms with Crippen molar-refractivity contribution in [2.45, 2.75) is 24.3 Å². The predicted octanol–water partition coefficient (Wildman–Crippen LogP) is -1.39. The Bertz CT molecular complexity index is 1560. The Labute approximate surface area is 286 Å². The number of halogens is 3. The quantitative estimate of drug-likeness (QED) is 0.221. The second-order valence-corrected chi connectivity index (χ2v) is 9.89. The third kappa shape index (κ3) is 7.17. The van der Waals surface area contributed by atoms with Crippen LogP contribution in [-0.2, 0) is 26.3 Å². The van der Waals surface area contributed by atoms with Gasteiger partial charge in [0.15, 0.2) is 12.2 Å². The molecule has 0 radical (unpaired) electrons. The summed E-state index contributed by atoms with van der Waals surface area (Å²) >= 11 is 0. The first-order valence-electron chi connectivity index (χ1n) is 13.5. The number of benzene rings is 4. The van der Waals surface area contributed by atoms with Gasteiger partial charge >= 0.3 is 16.8 Å². The number of hydrogen-bond acceptors (Lipinski definition) is 5. The normalized spacial score (nSPS) is 19.7. The van der Waals surface area contributed by atoms with E-state index >= 15 is 0 Å². The van der Waals surface area contributed by atoms with E-state index in [4.69, 9.17) is 24.4 Å². The van der Waals surface area contributed by atoms with E-state index in [0.717, 1.165) is 22.3 Å². The molecule has 44 heavy (non-hydrogen) atoms. The average molecular weight is 687 g/mol. The Kier molecular flexibility index (Phi) is 12.6. The Morgan fingerprint density at radius 2 is 0.705 bits per heavy atom. The van der Waals surface area contributed by atoms with Crippen LogP contribution in [-0.4, -0.2) is 16.8 Å². The minimum Gasteiger partial charge on any atom is -1.00 e. The maximum absolute atomic E-state index is 6.51. The molecule has 7 rings (SSSR count). The summed E-state index contributed by atoms with van der Waals surface area (Å²) in [6, 6.07) is 46.4. The Balaban J connectivity index is 0.00000132. The molecule has 3 heterocycles. The van der Waals surface area contributed by atoms with Crippen molar-refractivity contribution in [3.05, 3.63) is 173 Å². The van der Waals surface area contributed by atoms with Crippen LogP contribution in [0.1, 0.15) is 57.9 Å². The molecule has 1 aromatic heterocycles. The maximum Gasteiger partial charge on any atom is 3.00 e. The first kappa shape index (κ1) is 34.8. The fraction of sp³-hybridized carbons (Fsp3) is 0.114. The number of ether oxygens (including phenoxy) is 2. The molecule has 2 aliphatic rings. The minimum atomic E-state index is -0.242. The van der Waals surface area contributed by atoms with E-state index < -0.39 is 0 Å². The van der Waals surface area contributed by atoms with Crippen LogP contribution in [0.5, 0.6) is 0 Å². The summed E-state index contributed by atoms with van der Waals surface area (Å²) in [5.74, 6) is 1.03. The molecule has 0 bridgehead atoms. The van der Waals surface area contributed by atoms with Crippen LogP contribution in [0.15, 0.2) is 150 Å². The van der Waals surface area contributed by atoms with Crippen LogP contribution < -0.4 is 37.2 Å². The van der Waals surface area contributed by atoms with Crippen molar-refractivity contribution in [1.29, 1.82) is 0 Å². The van der Waals surface area contributed by atoms with Gasteiger partial charge in [-0.3, -0.25) is 0 Å². The molecule has 0 amide bonds. The fourth-order valence-electron chi connectivity index (χ4n) is 5.33. The molecule has 0 N–H and O–H groups in total. The van der Waals surface area contributed by atoms with Crippen molar-refractivity contribution in [3.8, 4) is 0 Å².